The van der Waals surface area contributed by atoms with E-state index in [1.165, 1.54) is 5.56 Å². The Balaban J connectivity index is 2.36. The molecule has 0 aliphatic heterocycles. The van der Waals surface area contributed by atoms with Gasteiger partial charge in [0.2, 0.25) is 0 Å². The van der Waals surface area contributed by atoms with Gasteiger partial charge in [0, 0.05) is 0 Å². The first-order valence-corrected chi connectivity index (χ1v) is 8.78. The lowest BCUT2D eigenvalue weighted by molar-refractivity contribution is 0.258. The Bertz CT molecular complexity index is 480. The molecule has 1 fully saturated rings. The van der Waals surface area contributed by atoms with Crippen LogP contribution in [0.3, 0.4) is 0 Å². The van der Waals surface area contributed by atoms with Crippen LogP contribution in [0.25, 0.3) is 0 Å². The van der Waals surface area contributed by atoms with Crippen molar-refractivity contribution in [1.29, 1.82) is 0 Å². The van der Waals surface area contributed by atoms with Crippen molar-refractivity contribution in [3.63, 3.8) is 0 Å². The van der Waals surface area contributed by atoms with Crippen molar-refractivity contribution < 1.29 is 14.0 Å². The van der Waals surface area contributed by atoms with E-state index in [-0.39, 0.29) is 6.10 Å². The maximum absolute atomic E-state index is 12.5. The molecule has 4 heteroatoms. The first-order valence-electron chi connectivity index (χ1n) is 7.21. The minimum atomic E-state index is -3.66. The van der Waals surface area contributed by atoms with Gasteiger partial charge in [0.15, 0.2) is 0 Å². The first kappa shape index (κ1) is 14.8. The highest BCUT2D eigenvalue weighted by Gasteiger charge is 2.35. The van der Waals surface area contributed by atoms with E-state index < -0.39 is 7.60 Å². The van der Waals surface area contributed by atoms with Crippen molar-refractivity contribution >= 4 is 12.9 Å². The fourth-order valence-corrected chi connectivity index (χ4v) is 3.96. The summed E-state index contributed by atoms with van der Waals surface area (Å²) in [6.07, 6.45) is 5.60. The van der Waals surface area contributed by atoms with Crippen molar-refractivity contribution in [3.05, 3.63) is 29.3 Å². The molecule has 1 aliphatic rings. The van der Waals surface area contributed by atoms with Crippen molar-refractivity contribution in [2.45, 2.75) is 58.5 Å². The van der Waals surface area contributed by atoms with Crippen molar-refractivity contribution in [1.82, 2.24) is 0 Å². The highest BCUT2D eigenvalue weighted by Crippen LogP contribution is 2.48. The topological polar surface area (TPSA) is 46.5 Å². The average Bonchev–Trinajstić information content (AvgIpc) is 3.15. The lowest BCUT2D eigenvalue weighted by atomic mass is 10.00. The van der Waals surface area contributed by atoms with Crippen LogP contribution in [-0.4, -0.2) is 11.0 Å². The van der Waals surface area contributed by atoms with Gasteiger partial charge in [0.1, 0.15) is 0 Å². The van der Waals surface area contributed by atoms with Gasteiger partial charge in [-0.2, -0.15) is 0 Å². The molecule has 1 aliphatic carbocycles. The third-order valence-corrected chi connectivity index (χ3v) is 5.00. The summed E-state index contributed by atoms with van der Waals surface area (Å²) >= 11 is 0. The predicted molar refractivity (Wildman–Crippen MR) is 78.0 cm³/mol. The molecule has 2 rings (SSSR count). The van der Waals surface area contributed by atoms with Gasteiger partial charge in [-0.25, -0.2) is 0 Å². The van der Waals surface area contributed by atoms with Gasteiger partial charge in [0.25, 0.3) is 0 Å². The number of hydrogen-bond acceptors (Lipinski definition) is 2. The predicted octanol–water partition coefficient (Wildman–Crippen LogP) is 3.58. The van der Waals surface area contributed by atoms with Crippen molar-refractivity contribution in [2.75, 3.05) is 0 Å². The minimum Gasteiger partial charge on any atom is -0.321 e. The van der Waals surface area contributed by atoms with Crippen LogP contribution in [0.4, 0.5) is 0 Å². The molecule has 1 N–H and O–H groups in total. The lowest BCUT2D eigenvalue weighted by Gasteiger charge is -2.18. The van der Waals surface area contributed by atoms with Crippen LogP contribution < -0.4 is 5.30 Å². The third kappa shape index (κ3) is 3.68. The van der Waals surface area contributed by atoms with Gasteiger partial charge in [-0.3, -0.25) is 4.57 Å². The second kappa shape index (κ2) is 6.21. The summed E-state index contributed by atoms with van der Waals surface area (Å²) in [5, 5.41) is 0.521. The van der Waals surface area contributed by atoms with Gasteiger partial charge in [-0.1, -0.05) is 38.8 Å². The third-order valence-electron chi connectivity index (χ3n) is 3.39. The van der Waals surface area contributed by atoms with Gasteiger partial charge >= 0.3 is 7.60 Å². The summed E-state index contributed by atoms with van der Waals surface area (Å²) in [6.45, 7) is 4.22. The second-order valence-electron chi connectivity index (χ2n) is 5.24. The molecule has 1 unspecified atom stereocenters. The average molecular weight is 282 g/mol. The summed E-state index contributed by atoms with van der Waals surface area (Å²) in [5.41, 5.74) is 2.22. The Hall–Kier alpha value is -0.630. The highest BCUT2D eigenvalue weighted by atomic mass is 31.2. The zero-order chi connectivity index (χ0) is 13.9. The number of rotatable bonds is 7. The van der Waals surface area contributed by atoms with Gasteiger partial charge in [-0.05, 0) is 42.9 Å². The molecule has 1 aromatic carbocycles. The molecular formula is C15H23O3P. The molecule has 0 saturated heterocycles. The minimum absolute atomic E-state index is 0.0138. The van der Waals surface area contributed by atoms with E-state index >= 15 is 0 Å². The standard InChI is InChI=1S/C15H23O3P/c1-3-6-12-8-5-9-15(14(12)7-4-2)19(16,17)18-13-10-11-13/h5,8-9,13H,3-4,6-7,10-11H2,1-2H3,(H,16,17). The van der Waals surface area contributed by atoms with E-state index in [9.17, 15) is 9.46 Å². The molecule has 1 aromatic rings. The van der Waals surface area contributed by atoms with Crippen LogP contribution in [-0.2, 0) is 21.9 Å². The summed E-state index contributed by atoms with van der Waals surface area (Å²) in [5.74, 6) is 0. The van der Waals surface area contributed by atoms with Crippen molar-refractivity contribution in [3.8, 4) is 0 Å². The van der Waals surface area contributed by atoms with E-state index in [0.717, 1.165) is 44.1 Å². The molecule has 0 heterocycles. The molecule has 0 bridgehead atoms. The van der Waals surface area contributed by atoms with Crippen LogP contribution in [0.2, 0.25) is 0 Å². The fraction of sp³-hybridized carbons (Fsp3) is 0.600. The Kier molecular flexibility index (Phi) is 4.83. The molecule has 106 valence electrons. The summed E-state index contributed by atoms with van der Waals surface area (Å²) in [6, 6.07) is 5.70. The van der Waals surface area contributed by atoms with Crippen LogP contribution in [0, 0.1) is 0 Å². The summed E-state index contributed by atoms with van der Waals surface area (Å²) in [7, 11) is -3.66. The zero-order valence-electron chi connectivity index (χ0n) is 11.8. The number of hydrogen-bond donors (Lipinski definition) is 1. The van der Waals surface area contributed by atoms with Crippen molar-refractivity contribution in [2.24, 2.45) is 0 Å². The van der Waals surface area contributed by atoms with E-state index in [4.69, 9.17) is 4.52 Å². The number of benzene rings is 1. The second-order valence-corrected chi connectivity index (χ2v) is 6.97. The first-order chi connectivity index (χ1) is 9.08. The Morgan fingerprint density at radius 3 is 2.53 bits per heavy atom. The van der Waals surface area contributed by atoms with E-state index in [0.29, 0.717) is 5.30 Å². The fourth-order valence-electron chi connectivity index (χ4n) is 2.36. The zero-order valence-corrected chi connectivity index (χ0v) is 12.7. The quantitative estimate of drug-likeness (QED) is 0.777. The number of aryl methyl sites for hydroxylation is 1. The van der Waals surface area contributed by atoms with Crippen LogP contribution >= 0.6 is 7.60 Å². The van der Waals surface area contributed by atoms with E-state index in [2.05, 4.69) is 19.9 Å². The Morgan fingerprint density at radius 1 is 1.26 bits per heavy atom. The maximum Gasteiger partial charge on any atom is 0.359 e. The van der Waals surface area contributed by atoms with Crippen LogP contribution in [0.1, 0.15) is 50.7 Å². The highest BCUT2D eigenvalue weighted by molar-refractivity contribution is 7.61. The van der Waals surface area contributed by atoms with Crippen LogP contribution in [0.15, 0.2) is 18.2 Å². The molecule has 0 spiro atoms. The molecule has 0 radical (unpaired) electrons. The van der Waals surface area contributed by atoms with Gasteiger partial charge in [0.05, 0.1) is 11.4 Å². The van der Waals surface area contributed by atoms with E-state index in [1.807, 2.05) is 6.07 Å². The lowest BCUT2D eigenvalue weighted by Crippen LogP contribution is -2.16. The molecule has 1 saturated carbocycles. The smallest absolute Gasteiger partial charge is 0.321 e. The maximum atomic E-state index is 12.5. The largest absolute Gasteiger partial charge is 0.359 e. The summed E-state index contributed by atoms with van der Waals surface area (Å²) < 4.78 is 17.8. The molecule has 3 nitrogen and oxygen atoms in total. The van der Waals surface area contributed by atoms with Crippen LogP contribution in [0.5, 0.6) is 0 Å². The Labute approximate surface area is 115 Å². The Morgan fingerprint density at radius 2 is 1.95 bits per heavy atom. The SMILES string of the molecule is CCCc1cccc(P(=O)(O)OC2CC2)c1CCC. The monoisotopic (exact) mass is 282 g/mol. The normalized spacial score (nSPS) is 18.3. The van der Waals surface area contributed by atoms with Gasteiger partial charge < -0.3 is 9.42 Å². The molecular weight excluding hydrogens is 259 g/mol. The molecule has 0 amide bonds. The van der Waals surface area contributed by atoms with Gasteiger partial charge in [-0.15, -0.1) is 0 Å². The summed E-state index contributed by atoms with van der Waals surface area (Å²) in [4.78, 5) is 10.2. The van der Waals surface area contributed by atoms with E-state index in [1.54, 1.807) is 6.07 Å². The molecule has 19 heavy (non-hydrogen) atoms. The molecule has 1 atom stereocenters. The molecule has 0 aromatic heterocycles.